The molecular formula is C13H28N2. The summed E-state index contributed by atoms with van der Waals surface area (Å²) in [5.41, 5.74) is 6.70. The highest BCUT2D eigenvalue weighted by Gasteiger charge is 2.28. The Morgan fingerprint density at radius 2 is 1.80 bits per heavy atom. The molecule has 2 nitrogen and oxygen atoms in total. The van der Waals surface area contributed by atoms with Crippen molar-refractivity contribution in [2.75, 3.05) is 19.6 Å². The standard InChI is InChI=1S/C13H28N2/c1-5-13(4)6-8-15(9-7-13)10-12(14)11(2)3/h11-12H,5-10,14H2,1-4H3. The molecule has 0 saturated carbocycles. The van der Waals surface area contributed by atoms with Crippen LogP contribution in [0.25, 0.3) is 0 Å². The smallest absolute Gasteiger partial charge is 0.0191 e. The quantitative estimate of drug-likeness (QED) is 0.776. The average Bonchev–Trinajstić information content (AvgIpc) is 2.21. The molecule has 15 heavy (non-hydrogen) atoms. The lowest BCUT2D eigenvalue weighted by atomic mass is 9.78. The van der Waals surface area contributed by atoms with Crippen LogP contribution in [0.15, 0.2) is 0 Å². The van der Waals surface area contributed by atoms with Crippen LogP contribution in [-0.4, -0.2) is 30.6 Å². The zero-order valence-corrected chi connectivity index (χ0v) is 10.9. The molecule has 0 radical (unpaired) electrons. The van der Waals surface area contributed by atoms with Gasteiger partial charge in [0, 0.05) is 12.6 Å². The normalized spacial score (nSPS) is 24.4. The highest BCUT2D eigenvalue weighted by atomic mass is 15.1. The maximum atomic E-state index is 6.11. The first kappa shape index (κ1) is 13.0. The molecule has 0 aromatic carbocycles. The Labute approximate surface area is 95.2 Å². The first-order valence-corrected chi connectivity index (χ1v) is 6.45. The minimum atomic E-state index is 0.344. The second-order valence-electron chi connectivity index (χ2n) is 5.87. The summed E-state index contributed by atoms with van der Waals surface area (Å²) in [5, 5.41) is 0. The van der Waals surface area contributed by atoms with Crippen LogP contribution in [0.3, 0.4) is 0 Å². The number of nitrogens with zero attached hydrogens (tertiary/aromatic N) is 1. The molecule has 0 aromatic rings. The van der Waals surface area contributed by atoms with Crippen molar-refractivity contribution >= 4 is 0 Å². The van der Waals surface area contributed by atoms with E-state index in [0.717, 1.165) is 6.54 Å². The van der Waals surface area contributed by atoms with Gasteiger partial charge < -0.3 is 10.6 Å². The fourth-order valence-corrected chi connectivity index (χ4v) is 2.14. The van der Waals surface area contributed by atoms with Gasteiger partial charge in [-0.05, 0) is 37.3 Å². The van der Waals surface area contributed by atoms with Crippen LogP contribution in [0.4, 0.5) is 0 Å². The summed E-state index contributed by atoms with van der Waals surface area (Å²) in [4.78, 5) is 2.54. The molecule has 1 atom stereocenters. The van der Waals surface area contributed by atoms with Gasteiger partial charge in [-0.1, -0.05) is 34.1 Å². The zero-order valence-electron chi connectivity index (χ0n) is 10.9. The van der Waals surface area contributed by atoms with Crippen molar-refractivity contribution in [1.29, 1.82) is 0 Å². The molecule has 0 spiro atoms. The number of likely N-dealkylation sites (tertiary alicyclic amines) is 1. The zero-order chi connectivity index (χ0) is 11.5. The molecule has 1 heterocycles. The third-order valence-electron chi connectivity index (χ3n) is 4.24. The van der Waals surface area contributed by atoms with Gasteiger partial charge in [-0.15, -0.1) is 0 Å². The number of nitrogens with two attached hydrogens (primary N) is 1. The third-order valence-corrected chi connectivity index (χ3v) is 4.24. The Balaban J connectivity index is 2.32. The van der Waals surface area contributed by atoms with Gasteiger partial charge in [-0.2, -0.15) is 0 Å². The summed E-state index contributed by atoms with van der Waals surface area (Å²) in [6.07, 6.45) is 4.00. The van der Waals surface area contributed by atoms with E-state index in [1.807, 2.05) is 0 Å². The molecule has 0 aliphatic carbocycles. The van der Waals surface area contributed by atoms with Crippen molar-refractivity contribution < 1.29 is 0 Å². The molecule has 1 fully saturated rings. The molecule has 0 amide bonds. The first-order valence-electron chi connectivity index (χ1n) is 6.45. The fourth-order valence-electron chi connectivity index (χ4n) is 2.14. The van der Waals surface area contributed by atoms with E-state index in [9.17, 15) is 0 Å². The molecule has 90 valence electrons. The molecule has 1 saturated heterocycles. The molecular weight excluding hydrogens is 184 g/mol. The van der Waals surface area contributed by atoms with Crippen LogP contribution >= 0.6 is 0 Å². The van der Waals surface area contributed by atoms with Crippen LogP contribution in [0, 0.1) is 11.3 Å². The maximum Gasteiger partial charge on any atom is 0.0191 e. The largest absolute Gasteiger partial charge is 0.326 e. The summed E-state index contributed by atoms with van der Waals surface area (Å²) < 4.78 is 0. The van der Waals surface area contributed by atoms with E-state index >= 15 is 0 Å². The number of hydrogen-bond acceptors (Lipinski definition) is 2. The summed E-state index contributed by atoms with van der Waals surface area (Å²) in [7, 11) is 0. The van der Waals surface area contributed by atoms with E-state index in [0.29, 0.717) is 17.4 Å². The fraction of sp³-hybridized carbons (Fsp3) is 1.00. The second kappa shape index (κ2) is 5.31. The Morgan fingerprint density at radius 1 is 1.27 bits per heavy atom. The lowest BCUT2D eigenvalue weighted by Crippen LogP contribution is -2.46. The van der Waals surface area contributed by atoms with Crippen molar-refractivity contribution in [2.45, 2.75) is 53.0 Å². The summed E-state index contributed by atoms with van der Waals surface area (Å²) >= 11 is 0. The predicted octanol–water partition coefficient (Wildman–Crippen LogP) is 2.48. The molecule has 2 N–H and O–H groups in total. The number of hydrogen-bond donors (Lipinski definition) is 1. The van der Waals surface area contributed by atoms with Crippen LogP contribution in [-0.2, 0) is 0 Å². The highest BCUT2D eigenvalue weighted by molar-refractivity contribution is 4.83. The van der Waals surface area contributed by atoms with E-state index < -0.39 is 0 Å². The van der Waals surface area contributed by atoms with Gasteiger partial charge in [0.15, 0.2) is 0 Å². The highest BCUT2D eigenvalue weighted by Crippen LogP contribution is 2.33. The molecule has 0 aromatic heterocycles. The SMILES string of the molecule is CCC1(C)CCN(CC(N)C(C)C)CC1. The van der Waals surface area contributed by atoms with Gasteiger partial charge in [0.05, 0.1) is 0 Å². The van der Waals surface area contributed by atoms with Crippen LogP contribution in [0.5, 0.6) is 0 Å². The first-order chi connectivity index (χ1) is 6.97. The molecule has 0 bridgehead atoms. The summed E-state index contributed by atoms with van der Waals surface area (Å²) in [6.45, 7) is 12.7. The topological polar surface area (TPSA) is 29.3 Å². The summed E-state index contributed by atoms with van der Waals surface area (Å²) in [6, 6.07) is 0.344. The van der Waals surface area contributed by atoms with Crippen LogP contribution in [0.2, 0.25) is 0 Å². The van der Waals surface area contributed by atoms with Gasteiger partial charge in [-0.3, -0.25) is 0 Å². The molecule has 1 aliphatic rings. The van der Waals surface area contributed by atoms with E-state index in [2.05, 4.69) is 32.6 Å². The van der Waals surface area contributed by atoms with Crippen molar-refractivity contribution in [3.63, 3.8) is 0 Å². The second-order valence-corrected chi connectivity index (χ2v) is 5.87. The van der Waals surface area contributed by atoms with E-state index in [1.54, 1.807) is 0 Å². The maximum absolute atomic E-state index is 6.11. The number of piperidine rings is 1. The van der Waals surface area contributed by atoms with E-state index in [4.69, 9.17) is 5.73 Å². The molecule has 2 heteroatoms. The summed E-state index contributed by atoms with van der Waals surface area (Å²) in [5.74, 6) is 0.601. The van der Waals surface area contributed by atoms with Gasteiger partial charge in [0.25, 0.3) is 0 Å². The van der Waals surface area contributed by atoms with E-state index in [1.165, 1.54) is 32.4 Å². The molecule has 1 unspecified atom stereocenters. The van der Waals surface area contributed by atoms with Gasteiger partial charge >= 0.3 is 0 Å². The molecule has 1 aliphatic heterocycles. The van der Waals surface area contributed by atoms with Crippen molar-refractivity contribution in [3.8, 4) is 0 Å². The Morgan fingerprint density at radius 3 is 2.20 bits per heavy atom. The van der Waals surface area contributed by atoms with Crippen LogP contribution < -0.4 is 5.73 Å². The Bertz CT molecular complexity index is 181. The number of rotatable bonds is 4. The lowest BCUT2D eigenvalue weighted by molar-refractivity contribution is 0.105. The monoisotopic (exact) mass is 212 g/mol. The lowest BCUT2D eigenvalue weighted by Gasteiger charge is -2.40. The van der Waals surface area contributed by atoms with Gasteiger partial charge in [-0.25, -0.2) is 0 Å². The van der Waals surface area contributed by atoms with Crippen molar-refractivity contribution in [3.05, 3.63) is 0 Å². The average molecular weight is 212 g/mol. The minimum absolute atomic E-state index is 0.344. The minimum Gasteiger partial charge on any atom is -0.326 e. The van der Waals surface area contributed by atoms with Crippen LogP contribution in [0.1, 0.15) is 47.0 Å². The van der Waals surface area contributed by atoms with Crippen molar-refractivity contribution in [2.24, 2.45) is 17.1 Å². The Kier molecular flexibility index (Phi) is 4.60. The van der Waals surface area contributed by atoms with Gasteiger partial charge in [0.2, 0.25) is 0 Å². The Hall–Kier alpha value is -0.0800. The van der Waals surface area contributed by atoms with Gasteiger partial charge in [0.1, 0.15) is 0 Å². The molecule has 1 rings (SSSR count). The third kappa shape index (κ3) is 3.76. The van der Waals surface area contributed by atoms with E-state index in [-0.39, 0.29) is 0 Å². The predicted molar refractivity (Wildman–Crippen MR) is 66.9 cm³/mol. The van der Waals surface area contributed by atoms with Crippen molar-refractivity contribution in [1.82, 2.24) is 4.90 Å².